The van der Waals surface area contributed by atoms with Crippen LogP contribution in [0.5, 0.6) is 0 Å². The molecule has 0 aliphatic rings. The summed E-state index contributed by atoms with van der Waals surface area (Å²) >= 11 is 0. The van der Waals surface area contributed by atoms with Gasteiger partial charge in [-0.3, -0.25) is 4.79 Å². The summed E-state index contributed by atoms with van der Waals surface area (Å²) in [6.07, 6.45) is 1.96. The van der Waals surface area contributed by atoms with Gasteiger partial charge in [0.2, 0.25) is 10.0 Å². The van der Waals surface area contributed by atoms with E-state index in [2.05, 4.69) is 0 Å². The molecule has 0 spiro atoms. The van der Waals surface area contributed by atoms with Crippen molar-refractivity contribution < 1.29 is 17.9 Å². The van der Waals surface area contributed by atoms with Crippen molar-refractivity contribution >= 4 is 16.0 Å². The number of nitrogens with two attached hydrogens (primary N) is 1. The van der Waals surface area contributed by atoms with E-state index in [4.69, 9.17) is 9.88 Å². The fraction of sp³-hybridized carbons (Fsp3) is 0.250. The highest BCUT2D eigenvalue weighted by Crippen LogP contribution is 2.15. The van der Waals surface area contributed by atoms with E-state index in [1.54, 1.807) is 31.2 Å². The van der Waals surface area contributed by atoms with Crippen molar-refractivity contribution in [2.75, 3.05) is 0 Å². The van der Waals surface area contributed by atoms with Gasteiger partial charge >= 0.3 is 5.97 Å². The molecule has 18 heavy (non-hydrogen) atoms. The molecule has 0 radical (unpaired) electrons. The number of ether oxygens (including phenoxy) is 1. The fourth-order valence-electron chi connectivity index (χ4n) is 1.47. The first-order chi connectivity index (χ1) is 8.30. The summed E-state index contributed by atoms with van der Waals surface area (Å²) in [5.74, 6) is 0.00945. The van der Waals surface area contributed by atoms with Crippen molar-refractivity contribution in [2.45, 2.75) is 25.2 Å². The van der Waals surface area contributed by atoms with Crippen LogP contribution >= 0.6 is 0 Å². The van der Waals surface area contributed by atoms with Crippen molar-refractivity contribution in [3.8, 4) is 0 Å². The molecular formula is C12H15NO4S. The first-order valence-corrected chi connectivity index (χ1v) is 6.81. The zero-order chi connectivity index (χ0) is 13.8. The Bertz CT molecular complexity index is 575. The van der Waals surface area contributed by atoms with Gasteiger partial charge in [0.05, 0.1) is 4.90 Å². The number of carbonyl (C=O) groups is 1. The van der Waals surface area contributed by atoms with Gasteiger partial charge < -0.3 is 4.74 Å². The lowest BCUT2D eigenvalue weighted by molar-refractivity contribution is -0.136. The zero-order valence-corrected chi connectivity index (χ0v) is 11.0. The number of esters is 1. The third-order valence-corrected chi connectivity index (χ3v) is 3.20. The molecule has 0 aromatic heterocycles. The largest absolute Gasteiger partial charge is 0.432 e. The Labute approximate surface area is 106 Å². The fourth-order valence-corrected chi connectivity index (χ4v) is 2.26. The second-order valence-corrected chi connectivity index (χ2v) is 5.30. The number of allylic oxidation sites excluding steroid dienone is 2. The molecule has 0 saturated carbocycles. The second-order valence-electron chi connectivity index (χ2n) is 3.77. The van der Waals surface area contributed by atoms with Crippen molar-refractivity contribution in [3.63, 3.8) is 0 Å². The third-order valence-electron chi connectivity index (χ3n) is 2.19. The molecule has 0 atom stereocenters. The van der Waals surface area contributed by atoms with Gasteiger partial charge in [-0.2, -0.15) is 0 Å². The average molecular weight is 269 g/mol. The summed E-state index contributed by atoms with van der Waals surface area (Å²) in [7, 11) is -3.74. The molecule has 1 aromatic carbocycles. The van der Waals surface area contributed by atoms with E-state index in [-0.39, 0.29) is 4.90 Å². The van der Waals surface area contributed by atoms with Crippen molar-refractivity contribution in [1.82, 2.24) is 0 Å². The van der Waals surface area contributed by atoms with E-state index in [0.717, 1.165) is 0 Å². The summed E-state index contributed by atoms with van der Waals surface area (Å²) in [6.45, 7) is 2.93. The van der Waals surface area contributed by atoms with Gasteiger partial charge in [-0.25, -0.2) is 13.6 Å². The molecule has 2 N–H and O–H groups in total. The molecule has 0 saturated heterocycles. The number of hydrogen-bond acceptors (Lipinski definition) is 4. The van der Waals surface area contributed by atoms with Crippen molar-refractivity contribution in [1.29, 1.82) is 0 Å². The Balaban J connectivity index is 2.96. The maximum atomic E-state index is 11.3. The van der Waals surface area contributed by atoms with Gasteiger partial charge in [0.1, 0.15) is 5.76 Å². The normalized spacial score (nSPS) is 12.3. The second kappa shape index (κ2) is 5.79. The molecular weight excluding hydrogens is 254 g/mol. The molecule has 6 heteroatoms. The Morgan fingerprint density at radius 2 is 1.94 bits per heavy atom. The average Bonchev–Trinajstić information content (AvgIpc) is 2.24. The predicted octanol–water partition coefficient (Wildman–Crippen LogP) is 1.34. The quantitative estimate of drug-likeness (QED) is 0.660. The standard InChI is InChI=1S/C12H15NO4S/c1-9(17-10(2)14)7-8-11-5-3-4-6-12(11)18(13,15)16/h3-7H,8H2,1-2H3,(H2,13,15,16). The molecule has 1 rings (SSSR count). The van der Waals surface area contributed by atoms with Crippen LogP contribution in [0, 0.1) is 0 Å². The van der Waals surface area contributed by atoms with E-state index in [1.165, 1.54) is 13.0 Å². The molecule has 0 aliphatic heterocycles. The van der Waals surface area contributed by atoms with Gasteiger partial charge in [-0.05, 0) is 31.1 Å². The Morgan fingerprint density at radius 1 is 1.33 bits per heavy atom. The number of primary sulfonamides is 1. The summed E-state index contributed by atoms with van der Waals surface area (Å²) in [4.78, 5) is 10.8. The number of hydrogen-bond donors (Lipinski definition) is 1. The lowest BCUT2D eigenvalue weighted by Crippen LogP contribution is -2.14. The Hall–Kier alpha value is -1.66. The van der Waals surface area contributed by atoms with Gasteiger partial charge in [-0.1, -0.05) is 18.2 Å². The zero-order valence-electron chi connectivity index (χ0n) is 10.2. The summed E-state index contributed by atoms with van der Waals surface area (Å²) in [5.41, 5.74) is 0.562. The van der Waals surface area contributed by atoms with Crippen LogP contribution in [0.2, 0.25) is 0 Å². The number of carbonyl (C=O) groups excluding carboxylic acids is 1. The van der Waals surface area contributed by atoms with Crippen LogP contribution in [-0.2, 0) is 26.0 Å². The van der Waals surface area contributed by atoms with Gasteiger partial charge in [0, 0.05) is 6.92 Å². The van der Waals surface area contributed by atoms with Crippen LogP contribution in [-0.4, -0.2) is 14.4 Å². The van der Waals surface area contributed by atoms with Crippen LogP contribution in [0.3, 0.4) is 0 Å². The third kappa shape index (κ3) is 4.31. The molecule has 98 valence electrons. The minimum absolute atomic E-state index is 0.0804. The van der Waals surface area contributed by atoms with Crippen LogP contribution in [0.4, 0.5) is 0 Å². The van der Waals surface area contributed by atoms with Crippen LogP contribution in [0.15, 0.2) is 41.0 Å². The molecule has 5 nitrogen and oxygen atoms in total. The first-order valence-electron chi connectivity index (χ1n) is 5.26. The van der Waals surface area contributed by atoms with E-state index < -0.39 is 16.0 Å². The number of rotatable bonds is 4. The van der Waals surface area contributed by atoms with Crippen LogP contribution < -0.4 is 5.14 Å². The van der Waals surface area contributed by atoms with Crippen LogP contribution in [0.25, 0.3) is 0 Å². The lowest BCUT2D eigenvalue weighted by Gasteiger charge is -2.06. The van der Waals surface area contributed by atoms with E-state index in [0.29, 0.717) is 17.7 Å². The van der Waals surface area contributed by atoms with E-state index in [9.17, 15) is 13.2 Å². The summed E-state index contributed by atoms with van der Waals surface area (Å²) in [5, 5.41) is 5.11. The molecule has 1 aromatic rings. The maximum absolute atomic E-state index is 11.3. The Kier molecular flexibility index (Phi) is 4.63. The molecule has 0 heterocycles. The van der Waals surface area contributed by atoms with Gasteiger partial charge in [0.25, 0.3) is 0 Å². The molecule has 0 fully saturated rings. The SMILES string of the molecule is CC(=O)OC(C)=CCc1ccccc1S(N)(=O)=O. The van der Waals surface area contributed by atoms with Crippen molar-refractivity contribution in [2.24, 2.45) is 5.14 Å². The number of benzene rings is 1. The predicted molar refractivity (Wildman–Crippen MR) is 67.0 cm³/mol. The van der Waals surface area contributed by atoms with Crippen LogP contribution in [0.1, 0.15) is 19.4 Å². The smallest absolute Gasteiger partial charge is 0.307 e. The molecule has 0 unspecified atom stereocenters. The molecule has 0 bridgehead atoms. The van der Waals surface area contributed by atoms with Crippen molar-refractivity contribution in [3.05, 3.63) is 41.7 Å². The first kappa shape index (κ1) is 14.4. The minimum Gasteiger partial charge on any atom is -0.432 e. The van der Waals surface area contributed by atoms with E-state index in [1.807, 2.05) is 0 Å². The van der Waals surface area contributed by atoms with Gasteiger partial charge in [0.15, 0.2) is 0 Å². The highest BCUT2D eigenvalue weighted by Gasteiger charge is 2.12. The maximum Gasteiger partial charge on any atom is 0.307 e. The molecule has 0 aliphatic carbocycles. The molecule has 0 amide bonds. The number of sulfonamides is 1. The monoisotopic (exact) mass is 269 g/mol. The minimum atomic E-state index is -3.74. The summed E-state index contributed by atoms with van der Waals surface area (Å²) in [6, 6.07) is 6.43. The van der Waals surface area contributed by atoms with E-state index >= 15 is 0 Å². The highest BCUT2D eigenvalue weighted by atomic mass is 32.2. The Morgan fingerprint density at radius 3 is 2.50 bits per heavy atom. The topological polar surface area (TPSA) is 86.5 Å². The summed E-state index contributed by atoms with van der Waals surface area (Å²) < 4.78 is 27.5. The highest BCUT2D eigenvalue weighted by molar-refractivity contribution is 7.89. The van der Waals surface area contributed by atoms with Gasteiger partial charge in [-0.15, -0.1) is 0 Å². The lowest BCUT2D eigenvalue weighted by atomic mass is 10.1.